The third-order valence-electron chi connectivity index (χ3n) is 1.71. The fraction of sp³-hybridized carbons (Fsp3) is 1.00. The van der Waals surface area contributed by atoms with Crippen LogP contribution in [0.4, 0.5) is 0 Å². The van der Waals surface area contributed by atoms with Crippen molar-refractivity contribution >= 4 is 0 Å². The fourth-order valence-electron chi connectivity index (χ4n) is 0.935. The smallest absolute Gasteiger partial charge is 0.0701 e. The van der Waals surface area contributed by atoms with Gasteiger partial charge in [0.05, 0.1) is 19.8 Å². The molecule has 0 rings (SSSR count). The summed E-state index contributed by atoms with van der Waals surface area (Å²) in [4.78, 5) is 0. The molecule has 3 heteroatoms. The van der Waals surface area contributed by atoms with E-state index in [1.54, 1.807) is 0 Å². The van der Waals surface area contributed by atoms with Crippen LogP contribution in [-0.2, 0) is 9.47 Å². The average molecular weight is 189 g/mol. The van der Waals surface area contributed by atoms with Gasteiger partial charge in [0.2, 0.25) is 0 Å². The van der Waals surface area contributed by atoms with Crippen LogP contribution in [0.3, 0.4) is 0 Å². The summed E-state index contributed by atoms with van der Waals surface area (Å²) >= 11 is 0. The first-order valence-corrected chi connectivity index (χ1v) is 5.28. The predicted molar refractivity (Wildman–Crippen MR) is 55.1 cm³/mol. The average Bonchev–Trinajstić information content (AvgIpc) is 2.16. The van der Waals surface area contributed by atoms with Crippen molar-refractivity contribution in [3.8, 4) is 0 Å². The lowest BCUT2D eigenvalue weighted by Gasteiger charge is -2.05. The van der Waals surface area contributed by atoms with E-state index in [1.165, 1.54) is 12.8 Å². The van der Waals surface area contributed by atoms with Crippen molar-refractivity contribution in [2.24, 2.45) is 0 Å². The quantitative estimate of drug-likeness (QED) is 0.527. The molecule has 0 bridgehead atoms. The maximum absolute atomic E-state index is 5.33. The molecule has 0 aliphatic heterocycles. The molecule has 0 spiro atoms. The van der Waals surface area contributed by atoms with Crippen molar-refractivity contribution in [1.29, 1.82) is 0 Å². The van der Waals surface area contributed by atoms with Crippen LogP contribution in [0.25, 0.3) is 0 Å². The van der Waals surface area contributed by atoms with Gasteiger partial charge in [-0.1, -0.05) is 13.3 Å². The molecular weight excluding hydrogens is 166 g/mol. The molecule has 0 aromatic rings. The first-order valence-electron chi connectivity index (χ1n) is 5.28. The van der Waals surface area contributed by atoms with E-state index in [0.29, 0.717) is 13.2 Å². The Labute approximate surface area is 81.8 Å². The molecule has 13 heavy (non-hydrogen) atoms. The second-order valence-electron chi connectivity index (χ2n) is 2.91. The van der Waals surface area contributed by atoms with Crippen molar-refractivity contribution in [2.45, 2.75) is 26.7 Å². The SMILES string of the molecule is CCCCNCCOCCOCC. The van der Waals surface area contributed by atoms with Gasteiger partial charge in [0.25, 0.3) is 0 Å². The highest BCUT2D eigenvalue weighted by Crippen LogP contribution is 1.82. The van der Waals surface area contributed by atoms with Crippen LogP contribution in [0.2, 0.25) is 0 Å². The molecule has 0 aliphatic carbocycles. The Hall–Kier alpha value is -0.120. The predicted octanol–water partition coefficient (Wildman–Crippen LogP) is 1.43. The molecule has 0 aromatic carbocycles. The van der Waals surface area contributed by atoms with E-state index in [9.17, 15) is 0 Å². The van der Waals surface area contributed by atoms with E-state index in [1.807, 2.05) is 6.92 Å². The van der Waals surface area contributed by atoms with Gasteiger partial charge in [-0.25, -0.2) is 0 Å². The van der Waals surface area contributed by atoms with Crippen LogP contribution in [0.1, 0.15) is 26.7 Å². The third kappa shape index (κ3) is 11.9. The maximum Gasteiger partial charge on any atom is 0.0701 e. The van der Waals surface area contributed by atoms with E-state index in [-0.39, 0.29) is 0 Å². The Morgan fingerprint density at radius 1 is 0.923 bits per heavy atom. The van der Waals surface area contributed by atoms with E-state index in [2.05, 4.69) is 12.2 Å². The second kappa shape index (κ2) is 11.9. The molecule has 80 valence electrons. The summed E-state index contributed by atoms with van der Waals surface area (Å²) in [6, 6.07) is 0. The molecule has 0 amide bonds. The summed E-state index contributed by atoms with van der Waals surface area (Å²) in [5, 5.41) is 3.31. The molecule has 0 saturated heterocycles. The van der Waals surface area contributed by atoms with Gasteiger partial charge in [-0.3, -0.25) is 0 Å². The molecule has 0 saturated carbocycles. The number of hydrogen-bond acceptors (Lipinski definition) is 3. The molecule has 0 aromatic heterocycles. The Morgan fingerprint density at radius 3 is 2.38 bits per heavy atom. The molecule has 0 radical (unpaired) electrons. The lowest BCUT2D eigenvalue weighted by Crippen LogP contribution is -2.21. The second-order valence-corrected chi connectivity index (χ2v) is 2.91. The van der Waals surface area contributed by atoms with Crippen molar-refractivity contribution in [3.05, 3.63) is 0 Å². The van der Waals surface area contributed by atoms with Crippen molar-refractivity contribution < 1.29 is 9.47 Å². The molecular formula is C10H23NO2. The van der Waals surface area contributed by atoms with Gasteiger partial charge in [0.1, 0.15) is 0 Å². The molecule has 3 nitrogen and oxygen atoms in total. The van der Waals surface area contributed by atoms with Crippen LogP contribution >= 0.6 is 0 Å². The number of hydrogen-bond donors (Lipinski definition) is 1. The highest BCUT2D eigenvalue weighted by atomic mass is 16.5. The van der Waals surface area contributed by atoms with Crippen LogP contribution in [0, 0.1) is 0 Å². The van der Waals surface area contributed by atoms with Crippen molar-refractivity contribution in [2.75, 3.05) is 39.5 Å². The maximum atomic E-state index is 5.33. The summed E-state index contributed by atoms with van der Waals surface area (Å²) in [7, 11) is 0. The minimum absolute atomic E-state index is 0.712. The monoisotopic (exact) mass is 189 g/mol. The van der Waals surface area contributed by atoms with Crippen LogP contribution in [0.5, 0.6) is 0 Å². The van der Waals surface area contributed by atoms with Crippen LogP contribution < -0.4 is 5.32 Å². The zero-order chi connectivity index (χ0) is 9.78. The van der Waals surface area contributed by atoms with E-state index in [4.69, 9.17) is 9.47 Å². The summed E-state index contributed by atoms with van der Waals surface area (Å²) in [5.41, 5.74) is 0. The lowest BCUT2D eigenvalue weighted by atomic mass is 10.3. The van der Waals surface area contributed by atoms with E-state index in [0.717, 1.165) is 26.3 Å². The van der Waals surface area contributed by atoms with Gasteiger partial charge in [0, 0.05) is 13.2 Å². The Bertz CT molecular complexity index is 79.0. The van der Waals surface area contributed by atoms with Gasteiger partial charge < -0.3 is 14.8 Å². The molecule has 1 N–H and O–H groups in total. The van der Waals surface area contributed by atoms with Crippen LogP contribution in [0.15, 0.2) is 0 Å². The first-order chi connectivity index (χ1) is 6.41. The molecule has 0 heterocycles. The number of ether oxygens (including phenoxy) is 2. The molecule has 0 unspecified atom stereocenters. The van der Waals surface area contributed by atoms with E-state index < -0.39 is 0 Å². The number of nitrogens with one attached hydrogen (secondary N) is 1. The third-order valence-corrected chi connectivity index (χ3v) is 1.71. The topological polar surface area (TPSA) is 30.5 Å². The minimum atomic E-state index is 0.712. The van der Waals surface area contributed by atoms with Gasteiger partial charge in [-0.15, -0.1) is 0 Å². The van der Waals surface area contributed by atoms with Gasteiger partial charge >= 0.3 is 0 Å². The molecule has 0 atom stereocenters. The highest BCUT2D eigenvalue weighted by Gasteiger charge is 1.88. The summed E-state index contributed by atoms with van der Waals surface area (Å²) < 4.78 is 10.5. The van der Waals surface area contributed by atoms with Gasteiger partial charge in [-0.2, -0.15) is 0 Å². The summed E-state index contributed by atoms with van der Waals surface area (Å²) in [6.07, 6.45) is 2.50. The zero-order valence-electron chi connectivity index (χ0n) is 8.97. The first kappa shape index (κ1) is 12.9. The fourth-order valence-corrected chi connectivity index (χ4v) is 0.935. The van der Waals surface area contributed by atoms with E-state index >= 15 is 0 Å². The largest absolute Gasteiger partial charge is 0.379 e. The molecule has 0 aliphatic rings. The Balaban J connectivity index is 2.76. The van der Waals surface area contributed by atoms with Crippen LogP contribution in [-0.4, -0.2) is 39.5 Å². The van der Waals surface area contributed by atoms with Crippen molar-refractivity contribution in [3.63, 3.8) is 0 Å². The Morgan fingerprint density at radius 2 is 1.69 bits per heavy atom. The standard InChI is InChI=1S/C10H23NO2/c1-3-5-6-11-7-8-13-10-9-12-4-2/h11H,3-10H2,1-2H3. The number of unbranched alkanes of at least 4 members (excludes halogenated alkanes) is 1. The lowest BCUT2D eigenvalue weighted by molar-refractivity contribution is 0.0540. The Kier molecular flexibility index (Phi) is 11.8. The highest BCUT2D eigenvalue weighted by molar-refractivity contribution is 4.45. The molecule has 0 fully saturated rings. The van der Waals surface area contributed by atoms with Crippen molar-refractivity contribution in [1.82, 2.24) is 5.32 Å². The zero-order valence-corrected chi connectivity index (χ0v) is 8.97. The summed E-state index contributed by atoms with van der Waals surface area (Å²) in [6.45, 7) is 9.23. The normalized spacial score (nSPS) is 10.6. The van der Waals surface area contributed by atoms with Gasteiger partial charge in [0.15, 0.2) is 0 Å². The number of rotatable bonds is 10. The summed E-state index contributed by atoms with van der Waals surface area (Å²) in [5.74, 6) is 0. The van der Waals surface area contributed by atoms with Gasteiger partial charge in [-0.05, 0) is 19.9 Å². The minimum Gasteiger partial charge on any atom is -0.379 e.